The van der Waals surface area contributed by atoms with Gasteiger partial charge in [0.1, 0.15) is 5.52 Å². The molecule has 0 bridgehead atoms. The lowest BCUT2D eigenvalue weighted by atomic mass is 9.93. The van der Waals surface area contributed by atoms with E-state index in [1.54, 1.807) is 10.8 Å². The molecule has 6 nitrogen and oxygen atoms in total. The molecule has 0 saturated heterocycles. The Kier molecular flexibility index (Phi) is 4.85. The van der Waals surface area contributed by atoms with Gasteiger partial charge in [0.05, 0.1) is 6.20 Å². The van der Waals surface area contributed by atoms with E-state index in [2.05, 4.69) is 48.8 Å². The van der Waals surface area contributed by atoms with Gasteiger partial charge >= 0.3 is 5.69 Å². The van der Waals surface area contributed by atoms with Crippen LogP contribution in [-0.4, -0.2) is 33.9 Å². The van der Waals surface area contributed by atoms with Crippen molar-refractivity contribution < 1.29 is 4.43 Å². The highest BCUT2D eigenvalue weighted by atomic mass is 35.5. The molecule has 0 aromatic carbocycles. The second-order valence-electron chi connectivity index (χ2n) is 8.49. The number of nitrogens with zero attached hydrogens (tertiary/aromatic N) is 3. The number of hydrogen-bond acceptors (Lipinski definition) is 4. The van der Waals surface area contributed by atoms with E-state index in [1.165, 1.54) is 0 Å². The molecule has 2 aromatic rings. The van der Waals surface area contributed by atoms with E-state index in [0.29, 0.717) is 11.2 Å². The molecule has 138 valence electrons. The summed E-state index contributed by atoms with van der Waals surface area (Å²) in [6, 6.07) is 0.131. The zero-order valence-corrected chi connectivity index (χ0v) is 17.4. The van der Waals surface area contributed by atoms with Crippen LogP contribution in [0.4, 0.5) is 0 Å². The third-order valence-electron chi connectivity index (χ3n) is 5.70. The molecule has 0 unspecified atom stereocenters. The average Bonchev–Trinajstić information content (AvgIpc) is 2.82. The van der Waals surface area contributed by atoms with Crippen molar-refractivity contribution in [3.8, 4) is 0 Å². The zero-order valence-electron chi connectivity index (χ0n) is 15.6. The summed E-state index contributed by atoms with van der Waals surface area (Å²) in [6.45, 7) is 11.4. The van der Waals surface area contributed by atoms with Crippen LogP contribution in [0.3, 0.4) is 0 Å². The topological polar surface area (TPSA) is 72.8 Å². The fraction of sp³-hybridized carbons (Fsp3) is 0.706. The van der Waals surface area contributed by atoms with Gasteiger partial charge in [-0.3, -0.25) is 4.57 Å². The molecular formula is C17H27ClN4O2Si. The van der Waals surface area contributed by atoms with E-state index in [0.717, 1.165) is 25.7 Å². The smallest absolute Gasteiger partial charge is 0.327 e. The molecule has 8 heteroatoms. The van der Waals surface area contributed by atoms with Gasteiger partial charge in [0.25, 0.3) is 0 Å². The number of nitrogens with one attached hydrogen (secondary N) is 1. The van der Waals surface area contributed by atoms with Gasteiger partial charge in [0, 0.05) is 12.1 Å². The first-order valence-corrected chi connectivity index (χ1v) is 12.2. The van der Waals surface area contributed by atoms with Crippen molar-refractivity contribution in [3.63, 3.8) is 0 Å². The molecule has 1 fully saturated rings. The third kappa shape index (κ3) is 3.68. The molecule has 25 heavy (non-hydrogen) atoms. The number of halogens is 1. The molecule has 1 aliphatic carbocycles. The number of H-pyrrole nitrogens is 1. The van der Waals surface area contributed by atoms with Crippen LogP contribution in [0.2, 0.25) is 23.4 Å². The first-order chi connectivity index (χ1) is 11.6. The predicted molar refractivity (Wildman–Crippen MR) is 103 cm³/mol. The highest BCUT2D eigenvalue weighted by Crippen LogP contribution is 2.40. The summed E-state index contributed by atoms with van der Waals surface area (Å²) in [5.41, 5.74) is 1.09. The third-order valence-corrected chi connectivity index (χ3v) is 10.4. The van der Waals surface area contributed by atoms with Crippen molar-refractivity contribution in [1.82, 2.24) is 19.5 Å². The number of fused-ring (bicyclic) bond motifs is 1. The van der Waals surface area contributed by atoms with E-state index in [9.17, 15) is 4.79 Å². The maximum Gasteiger partial charge on any atom is 0.327 e. The fourth-order valence-electron chi connectivity index (χ4n) is 3.25. The lowest BCUT2D eigenvalue weighted by Gasteiger charge is -2.41. The number of aromatic nitrogens is 4. The molecule has 0 atom stereocenters. The van der Waals surface area contributed by atoms with Gasteiger partial charge in [-0.2, -0.15) is 4.98 Å². The average molecular weight is 383 g/mol. The molecule has 0 radical (unpaired) electrons. The van der Waals surface area contributed by atoms with Crippen molar-refractivity contribution in [3.05, 3.63) is 22.0 Å². The predicted octanol–water partition coefficient (Wildman–Crippen LogP) is 4.28. The minimum atomic E-state index is -1.76. The summed E-state index contributed by atoms with van der Waals surface area (Å²) >= 11 is 5.91. The molecule has 2 aromatic heterocycles. The van der Waals surface area contributed by atoms with Crippen LogP contribution in [0.5, 0.6) is 0 Å². The van der Waals surface area contributed by atoms with Crippen molar-refractivity contribution in [2.75, 3.05) is 0 Å². The van der Waals surface area contributed by atoms with Crippen LogP contribution in [0.15, 0.2) is 11.0 Å². The van der Waals surface area contributed by atoms with Gasteiger partial charge in [-0.15, -0.1) is 0 Å². The summed E-state index contributed by atoms with van der Waals surface area (Å²) in [6.07, 6.45) is 5.61. The summed E-state index contributed by atoms with van der Waals surface area (Å²) in [4.78, 5) is 23.4. The van der Waals surface area contributed by atoms with Gasteiger partial charge in [-0.05, 0) is 55.4 Å². The number of imidazole rings is 1. The van der Waals surface area contributed by atoms with Gasteiger partial charge in [0.15, 0.2) is 14.0 Å². The first-order valence-electron chi connectivity index (χ1n) is 8.89. The molecule has 1 saturated carbocycles. The molecule has 0 spiro atoms. The molecule has 0 aliphatic heterocycles. The number of hydrogen-bond donors (Lipinski definition) is 1. The Balaban J connectivity index is 1.74. The Bertz CT molecular complexity index is 816. The van der Waals surface area contributed by atoms with Gasteiger partial charge in [-0.25, -0.2) is 9.78 Å². The SMILES string of the molecule is CC(C)(C)[Si](C)(C)O[C@H]1CC[C@H](n2c(=O)[nH]c3cnc(Cl)nc32)CC1. The van der Waals surface area contributed by atoms with Crippen molar-refractivity contribution in [2.24, 2.45) is 0 Å². The molecule has 3 rings (SSSR count). The maximum absolute atomic E-state index is 12.4. The molecule has 2 heterocycles. The quantitative estimate of drug-likeness (QED) is 0.635. The Morgan fingerprint density at radius 2 is 1.92 bits per heavy atom. The van der Waals surface area contributed by atoms with Crippen LogP contribution in [0.25, 0.3) is 11.2 Å². The monoisotopic (exact) mass is 382 g/mol. The van der Waals surface area contributed by atoms with Crippen LogP contribution in [-0.2, 0) is 4.43 Å². The molecular weight excluding hydrogens is 356 g/mol. The normalized spacial score (nSPS) is 22.5. The van der Waals surface area contributed by atoms with Crippen LogP contribution in [0, 0.1) is 0 Å². The van der Waals surface area contributed by atoms with E-state index in [-0.39, 0.29) is 28.2 Å². The van der Waals surface area contributed by atoms with Gasteiger partial charge < -0.3 is 9.41 Å². The van der Waals surface area contributed by atoms with Gasteiger partial charge in [0.2, 0.25) is 5.28 Å². The molecule has 0 amide bonds. The zero-order chi connectivity index (χ0) is 18.4. The summed E-state index contributed by atoms with van der Waals surface area (Å²) < 4.78 is 8.28. The van der Waals surface area contributed by atoms with E-state index in [1.807, 2.05) is 0 Å². The summed E-state index contributed by atoms with van der Waals surface area (Å²) in [5, 5.41) is 0.376. The Hall–Kier alpha value is -1.18. The van der Waals surface area contributed by atoms with Crippen molar-refractivity contribution in [2.45, 2.75) is 76.7 Å². The highest BCUT2D eigenvalue weighted by molar-refractivity contribution is 6.74. The lowest BCUT2D eigenvalue weighted by Crippen LogP contribution is -2.45. The van der Waals surface area contributed by atoms with Crippen LogP contribution >= 0.6 is 11.6 Å². The van der Waals surface area contributed by atoms with E-state index in [4.69, 9.17) is 16.0 Å². The van der Waals surface area contributed by atoms with Crippen molar-refractivity contribution >= 4 is 31.1 Å². The Morgan fingerprint density at radius 1 is 1.28 bits per heavy atom. The van der Waals surface area contributed by atoms with Gasteiger partial charge in [-0.1, -0.05) is 20.8 Å². The first kappa shape index (κ1) is 18.6. The summed E-state index contributed by atoms with van der Waals surface area (Å²) in [7, 11) is -1.76. The lowest BCUT2D eigenvalue weighted by molar-refractivity contribution is 0.118. The van der Waals surface area contributed by atoms with Crippen molar-refractivity contribution in [1.29, 1.82) is 0 Å². The molecule has 1 aliphatic rings. The second kappa shape index (κ2) is 6.52. The van der Waals surface area contributed by atoms with E-state index < -0.39 is 8.32 Å². The second-order valence-corrected chi connectivity index (χ2v) is 13.6. The standard InChI is InChI=1S/C17H27ClN4O2Si/c1-17(2,3)25(4,5)24-12-8-6-11(7-9-12)22-14-13(20-16(22)23)10-19-15(18)21-14/h10-12H,6-9H2,1-5H3,(H,20,23)/t11-,12-. The van der Waals surface area contributed by atoms with Crippen LogP contribution in [0.1, 0.15) is 52.5 Å². The highest BCUT2D eigenvalue weighted by Gasteiger charge is 2.40. The minimum absolute atomic E-state index is 0.131. The Morgan fingerprint density at radius 3 is 2.52 bits per heavy atom. The molecule has 1 N–H and O–H groups in total. The fourth-order valence-corrected chi connectivity index (χ4v) is 4.80. The summed E-state index contributed by atoms with van der Waals surface area (Å²) in [5.74, 6) is 0. The van der Waals surface area contributed by atoms with Crippen LogP contribution < -0.4 is 5.69 Å². The largest absolute Gasteiger partial charge is 0.414 e. The maximum atomic E-state index is 12.4. The Labute approximate surface area is 154 Å². The number of aromatic amines is 1. The minimum Gasteiger partial charge on any atom is -0.414 e. The number of rotatable bonds is 3. The van der Waals surface area contributed by atoms with E-state index >= 15 is 0 Å².